The van der Waals surface area contributed by atoms with Crippen LogP contribution in [0.1, 0.15) is 18.2 Å². The first-order valence-electron chi connectivity index (χ1n) is 8.17. The lowest BCUT2D eigenvalue weighted by molar-refractivity contribution is -0.115. The molecule has 132 valence electrons. The summed E-state index contributed by atoms with van der Waals surface area (Å²) in [4.78, 5) is 12.4. The highest BCUT2D eigenvalue weighted by Crippen LogP contribution is 2.28. The molecule has 0 spiro atoms. The van der Waals surface area contributed by atoms with Crippen molar-refractivity contribution in [2.75, 3.05) is 5.32 Å². The predicted octanol–water partition coefficient (Wildman–Crippen LogP) is 3.61. The van der Waals surface area contributed by atoms with Crippen molar-refractivity contribution in [1.29, 1.82) is 0 Å². The fourth-order valence-electron chi connectivity index (χ4n) is 2.82. The van der Waals surface area contributed by atoms with Crippen molar-refractivity contribution in [3.05, 3.63) is 47.7 Å². The maximum atomic E-state index is 12.4. The number of amides is 1. The fraction of sp³-hybridized carbons (Fsp3) is 0.222. The van der Waals surface area contributed by atoms with E-state index in [2.05, 4.69) is 33.7 Å². The lowest BCUT2D eigenvalue weighted by Crippen LogP contribution is -2.22. The molecule has 1 amide bonds. The smallest absolute Gasteiger partial charge is 0.238 e. The Morgan fingerprint density at radius 2 is 2.04 bits per heavy atom. The van der Waals surface area contributed by atoms with Crippen molar-refractivity contribution in [1.82, 2.24) is 19.8 Å². The minimum atomic E-state index is -0.375. The second-order valence-electron chi connectivity index (χ2n) is 6.09. The molecule has 3 aromatic heterocycles. The second kappa shape index (κ2) is 6.45. The molecule has 4 aromatic rings. The average molecular weight is 367 g/mol. The number of hydrogen-bond donors (Lipinski definition) is 1. The van der Waals surface area contributed by atoms with Gasteiger partial charge in [0.1, 0.15) is 5.76 Å². The number of para-hydroxylation sites is 1. The van der Waals surface area contributed by atoms with Crippen LogP contribution in [0.5, 0.6) is 0 Å². The van der Waals surface area contributed by atoms with E-state index in [4.69, 9.17) is 4.52 Å². The van der Waals surface area contributed by atoms with Crippen molar-refractivity contribution in [2.45, 2.75) is 31.2 Å². The first kappa shape index (κ1) is 16.6. The van der Waals surface area contributed by atoms with Gasteiger partial charge in [-0.05, 0) is 38.5 Å². The number of aryl methyl sites for hydroxylation is 2. The van der Waals surface area contributed by atoms with Gasteiger partial charge in [-0.2, -0.15) is 0 Å². The van der Waals surface area contributed by atoms with Gasteiger partial charge >= 0.3 is 0 Å². The Kier molecular flexibility index (Phi) is 4.12. The standard InChI is InChI=1S/C18H17N5O2S/c1-10-8-16-20-21-18(23(16)14-7-5-4-6-13(10)14)26-12(3)17(24)19-15-9-11(2)25-22-15/h4-9,12H,1-3H3,(H,19,22,24)/t12-/m1/s1. The van der Waals surface area contributed by atoms with Gasteiger partial charge in [0.15, 0.2) is 16.6 Å². The van der Waals surface area contributed by atoms with Crippen molar-refractivity contribution in [2.24, 2.45) is 0 Å². The van der Waals surface area contributed by atoms with E-state index < -0.39 is 0 Å². The van der Waals surface area contributed by atoms with Crippen LogP contribution < -0.4 is 5.32 Å². The van der Waals surface area contributed by atoms with E-state index in [0.29, 0.717) is 16.7 Å². The number of carbonyl (C=O) groups excluding carboxylic acids is 1. The van der Waals surface area contributed by atoms with E-state index in [-0.39, 0.29) is 11.2 Å². The summed E-state index contributed by atoms with van der Waals surface area (Å²) in [5.41, 5.74) is 2.93. The number of nitrogens with zero attached hydrogens (tertiary/aromatic N) is 4. The average Bonchev–Trinajstić information content (AvgIpc) is 3.21. The lowest BCUT2D eigenvalue weighted by atomic mass is 10.1. The Balaban J connectivity index is 1.64. The minimum Gasteiger partial charge on any atom is -0.360 e. The number of benzene rings is 1. The summed E-state index contributed by atoms with van der Waals surface area (Å²) in [7, 11) is 0. The third-order valence-electron chi connectivity index (χ3n) is 4.10. The van der Waals surface area contributed by atoms with E-state index in [1.54, 1.807) is 13.0 Å². The number of rotatable bonds is 4. The molecule has 0 fully saturated rings. The summed E-state index contributed by atoms with van der Waals surface area (Å²) in [6, 6.07) is 11.8. The highest BCUT2D eigenvalue weighted by molar-refractivity contribution is 8.00. The van der Waals surface area contributed by atoms with Crippen LogP contribution in [0.2, 0.25) is 0 Å². The quantitative estimate of drug-likeness (QED) is 0.555. The number of hydrogen-bond acceptors (Lipinski definition) is 6. The molecule has 7 nitrogen and oxygen atoms in total. The number of thioether (sulfide) groups is 1. The third-order valence-corrected chi connectivity index (χ3v) is 5.15. The van der Waals surface area contributed by atoms with Gasteiger partial charge in [-0.3, -0.25) is 9.20 Å². The van der Waals surface area contributed by atoms with Crippen LogP contribution >= 0.6 is 11.8 Å². The number of anilines is 1. The van der Waals surface area contributed by atoms with E-state index in [0.717, 1.165) is 22.1 Å². The van der Waals surface area contributed by atoms with Crippen molar-refractivity contribution in [3.63, 3.8) is 0 Å². The highest BCUT2D eigenvalue weighted by atomic mass is 32.2. The first-order chi connectivity index (χ1) is 12.5. The van der Waals surface area contributed by atoms with Crippen LogP contribution in [-0.2, 0) is 4.79 Å². The van der Waals surface area contributed by atoms with Crippen LogP contribution in [0.25, 0.3) is 16.6 Å². The van der Waals surface area contributed by atoms with Gasteiger partial charge in [-0.15, -0.1) is 10.2 Å². The van der Waals surface area contributed by atoms with Crippen molar-refractivity contribution < 1.29 is 9.32 Å². The maximum absolute atomic E-state index is 12.4. The second-order valence-corrected chi connectivity index (χ2v) is 7.40. The number of aromatic nitrogens is 4. The van der Waals surface area contributed by atoms with Crippen LogP contribution in [0.4, 0.5) is 5.82 Å². The molecular weight excluding hydrogens is 350 g/mol. The Hall–Kier alpha value is -2.87. The molecule has 0 aliphatic heterocycles. The monoisotopic (exact) mass is 367 g/mol. The summed E-state index contributed by atoms with van der Waals surface area (Å²) >= 11 is 1.35. The Morgan fingerprint density at radius 3 is 2.81 bits per heavy atom. The van der Waals surface area contributed by atoms with Gasteiger partial charge in [0.25, 0.3) is 0 Å². The molecule has 1 aromatic carbocycles. The zero-order valence-electron chi connectivity index (χ0n) is 14.6. The summed E-state index contributed by atoms with van der Waals surface area (Å²) in [6.45, 7) is 5.65. The van der Waals surface area contributed by atoms with Crippen LogP contribution in [0.3, 0.4) is 0 Å². The molecule has 0 bridgehead atoms. The Bertz CT molecular complexity index is 1120. The summed E-state index contributed by atoms with van der Waals surface area (Å²) in [6.07, 6.45) is 0. The van der Waals surface area contributed by atoms with Gasteiger partial charge in [0.2, 0.25) is 5.91 Å². The summed E-state index contributed by atoms with van der Waals surface area (Å²) < 4.78 is 6.95. The molecule has 8 heteroatoms. The fourth-order valence-corrected chi connectivity index (χ4v) is 3.68. The van der Waals surface area contributed by atoms with Crippen LogP contribution in [0, 0.1) is 13.8 Å². The van der Waals surface area contributed by atoms with Gasteiger partial charge in [0, 0.05) is 11.5 Å². The van der Waals surface area contributed by atoms with E-state index in [9.17, 15) is 4.79 Å². The number of nitrogens with one attached hydrogen (secondary N) is 1. The van der Waals surface area contributed by atoms with E-state index >= 15 is 0 Å². The van der Waals surface area contributed by atoms with Gasteiger partial charge in [-0.25, -0.2) is 0 Å². The topological polar surface area (TPSA) is 85.3 Å². The molecular formula is C18H17N5O2S. The normalized spacial score (nSPS) is 12.6. The molecule has 0 saturated carbocycles. The Morgan fingerprint density at radius 1 is 1.23 bits per heavy atom. The van der Waals surface area contributed by atoms with Gasteiger partial charge in [-0.1, -0.05) is 35.1 Å². The molecule has 0 unspecified atom stereocenters. The molecule has 1 atom stereocenters. The van der Waals surface area contributed by atoms with E-state index in [1.165, 1.54) is 11.8 Å². The Labute approximate surface area is 153 Å². The predicted molar refractivity (Wildman–Crippen MR) is 100 cm³/mol. The molecule has 4 rings (SSSR count). The minimum absolute atomic E-state index is 0.170. The highest BCUT2D eigenvalue weighted by Gasteiger charge is 2.20. The van der Waals surface area contributed by atoms with Crippen molar-refractivity contribution >= 4 is 40.0 Å². The zero-order valence-corrected chi connectivity index (χ0v) is 15.4. The zero-order chi connectivity index (χ0) is 18.3. The van der Waals surface area contributed by atoms with Crippen LogP contribution in [-0.4, -0.2) is 30.9 Å². The first-order valence-corrected chi connectivity index (χ1v) is 9.05. The molecule has 3 heterocycles. The van der Waals surface area contributed by atoms with Gasteiger partial charge in [0.05, 0.1) is 10.8 Å². The number of pyridine rings is 1. The molecule has 0 saturated heterocycles. The third kappa shape index (κ3) is 2.92. The summed E-state index contributed by atoms with van der Waals surface area (Å²) in [5, 5.41) is 16.5. The number of carbonyl (C=O) groups is 1. The molecule has 0 aliphatic carbocycles. The SMILES string of the molecule is Cc1cc(NC(=O)[C@@H](C)Sc2nnc3cc(C)c4ccccc4n23)no1. The van der Waals surface area contributed by atoms with Crippen LogP contribution in [0.15, 0.2) is 46.1 Å². The molecule has 0 radical (unpaired) electrons. The molecule has 0 aliphatic rings. The lowest BCUT2D eigenvalue weighted by Gasteiger charge is -2.11. The number of fused-ring (bicyclic) bond motifs is 3. The largest absolute Gasteiger partial charge is 0.360 e. The van der Waals surface area contributed by atoms with Crippen molar-refractivity contribution in [3.8, 4) is 0 Å². The molecule has 26 heavy (non-hydrogen) atoms. The molecule has 1 N–H and O–H groups in total. The summed E-state index contributed by atoms with van der Waals surface area (Å²) in [5.74, 6) is 0.884. The van der Waals surface area contributed by atoms with Gasteiger partial charge < -0.3 is 9.84 Å². The maximum Gasteiger partial charge on any atom is 0.238 e. The van der Waals surface area contributed by atoms with E-state index in [1.807, 2.05) is 35.6 Å².